The summed E-state index contributed by atoms with van der Waals surface area (Å²) in [6.45, 7) is 5.72. The first kappa shape index (κ1) is 16.3. The minimum atomic E-state index is 0.426. The third-order valence-electron chi connectivity index (χ3n) is 4.96. The first-order valence-electron chi connectivity index (χ1n) is 8.31. The van der Waals surface area contributed by atoms with Crippen LogP contribution in [0.15, 0.2) is 24.3 Å². The summed E-state index contributed by atoms with van der Waals surface area (Å²) in [6.07, 6.45) is 4.84. The maximum Gasteiger partial charge on any atom is 0.0361 e. The van der Waals surface area contributed by atoms with E-state index in [0.29, 0.717) is 18.1 Å². The number of hydrogen-bond acceptors (Lipinski definition) is 3. The monoisotopic (exact) mass is 289 g/mol. The maximum atomic E-state index is 6.05. The molecule has 1 fully saturated rings. The first-order chi connectivity index (χ1) is 10.0. The molecule has 1 aromatic carbocycles. The predicted molar refractivity (Wildman–Crippen MR) is 91.8 cm³/mol. The van der Waals surface area contributed by atoms with Crippen molar-refractivity contribution in [3.05, 3.63) is 29.8 Å². The molecule has 0 heterocycles. The summed E-state index contributed by atoms with van der Waals surface area (Å²) in [5.41, 5.74) is 8.72. The molecule has 1 aliphatic carbocycles. The van der Waals surface area contributed by atoms with E-state index in [2.05, 4.69) is 62.0 Å². The summed E-state index contributed by atoms with van der Waals surface area (Å²) in [7, 11) is 4.17. The van der Waals surface area contributed by atoms with Crippen molar-refractivity contribution in [3.8, 4) is 0 Å². The van der Waals surface area contributed by atoms with Crippen LogP contribution in [0.3, 0.4) is 0 Å². The van der Waals surface area contributed by atoms with E-state index < -0.39 is 0 Å². The van der Waals surface area contributed by atoms with Crippen molar-refractivity contribution in [1.82, 2.24) is 4.90 Å². The van der Waals surface area contributed by atoms with Crippen LogP contribution in [0, 0.1) is 0 Å². The third kappa shape index (κ3) is 3.98. The number of nitrogens with zero attached hydrogens (tertiary/aromatic N) is 2. The summed E-state index contributed by atoms with van der Waals surface area (Å²) in [6, 6.07) is 10.6. The van der Waals surface area contributed by atoms with Crippen LogP contribution in [0.4, 0.5) is 5.69 Å². The molecule has 118 valence electrons. The van der Waals surface area contributed by atoms with Gasteiger partial charge in [-0.15, -0.1) is 0 Å². The highest BCUT2D eigenvalue weighted by Crippen LogP contribution is 2.30. The Morgan fingerprint density at radius 3 is 2.14 bits per heavy atom. The van der Waals surface area contributed by atoms with E-state index in [0.717, 1.165) is 6.54 Å². The van der Waals surface area contributed by atoms with E-state index in [-0.39, 0.29) is 0 Å². The second-order valence-electron chi connectivity index (χ2n) is 6.56. The standard InChI is InChI=1S/C18H31N3/c1-5-21(18-12-8-16(19)9-13-18)14(2)15-6-10-17(11-7-15)20(3)4/h6-7,10-11,14,16,18H,5,8-9,12-13,19H2,1-4H3. The Balaban J connectivity index is 2.06. The normalized spacial score (nSPS) is 24.1. The van der Waals surface area contributed by atoms with Crippen LogP contribution in [-0.4, -0.2) is 37.6 Å². The molecule has 21 heavy (non-hydrogen) atoms. The van der Waals surface area contributed by atoms with Crippen molar-refractivity contribution in [3.63, 3.8) is 0 Å². The van der Waals surface area contributed by atoms with Gasteiger partial charge in [0, 0.05) is 37.9 Å². The molecule has 1 unspecified atom stereocenters. The third-order valence-corrected chi connectivity index (χ3v) is 4.96. The summed E-state index contributed by atoms with van der Waals surface area (Å²) in [5, 5.41) is 0. The first-order valence-corrected chi connectivity index (χ1v) is 8.31. The Hall–Kier alpha value is -1.06. The topological polar surface area (TPSA) is 32.5 Å². The van der Waals surface area contributed by atoms with Crippen molar-refractivity contribution in [2.24, 2.45) is 5.73 Å². The van der Waals surface area contributed by atoms with Gasteiger partial charge in [-0.3, -0.25) is 4.90 Å². The highest BCUT2D eigenvalue weighted by atomic mass is 15.2. The quantitative estimate of drug-likeness (QED) is 0.901. The second-order valence-corrected chi connectivity index (χ2v) is 6.56. The molecule has 2 N–H and O–H groups in total. The lowest BCUT2D eigenvalue weighted by atomic mass is 9.89. The average Bonchev–Trinajstić information content (AvgIpc) is 2.50. The number of benzene rings is 1. The largest absolute Gasteiger partial charge is 0.378 e. The Bertz CT molecular complexity index is 419. The smallest absolute Gasteiger partial charge is 0.0361 e. The lowest BCUT2D eigenvalue weighted by molar-refractivity contribution is 0.114. The van der Waals surface area contributed by atoms with Crippen molar-refractivity contribution in [2.75, 3.05) is 25.5 Å². The van der Waals surface area contributed by atoms with E-state index >= 15 is 0 Å². The molecular weight excluding hydrogens is 258 g/mol. The van der Waals surface area contributed by atoms with Crippen molar-refractivity contribution < 1.29 is 0 Å². The van der Waals surface area contributed by atoms with Gasteiger partial charge in [-0.1, -0.05) is 19.1 Å². The second kappa shape index (κ2) is 7.28. The molecule has 0 amide bonds. The van der Waals surface area contributed by atoms with Gasteiger partial charge >= 0.3 is 0 Å². The molecule has 1 aliphatic rings. The average molecular weight is 289 g/mol. The molecule has 0 spiro atoms. The Morgan fingerprint density at radius 2 is 1.67 bits per heavy atom. The lowest BCUT2D eigenvalue weighted by Gasteiger charge is -2.39. The minimum Gasteiger partial charge on any atom is -0.378 e. The van der Waals surface area contributed by atoms with Crippen molar-refractivity contribution in [1.29, 1.82) is 0 Å². The van der Waals surface area contributed by atoms with Gasteiger partial charge < -0.3 is 10.6 Å². The fourth-order valence-corrected chi connectivity index (χ4v) is 3.52. The fraction of sp³-hybridized carbons (Fsp3) is 0.667. The minimum absolute atomic E-state index is 0.426. The van der Waals surface area contributed by atoms with Gasteiger partial charge in [0.15, 0.2) is 0 Å². The molecular formula is C18H31N3. The zero-order valence-electron chi connectivity index (χ0n) is 14.0. The maximum absolute atomic E-state index is 6.05. The number of rotatable bonds is 5. The molecule has 0 aromatic heterocycles. The highest BCUT2D eigenvalue weighted by Gasteiger charge is 2.27. The van der Waals surface area contributed by atoms with E-state index in [1.165, 1.54) is 36.9 Å². The molecule has 0 radical (unpaired) electrons. The number of hydrogen-bond donors (Lipinski definition) is 1. The summed E-state index contributed by atoms with van der Waals surface area (Å²) >= 11 is 0. The van der Waals surface area contributed by atoms with Gasteiger partial charge in [0.2, 0.25) is 0 Å². The van der Waals surface area contributed by atoms with Crippen LogP contribution in [-0.2, 0) is 0 Å². The highest BCUT2D eigenvalue weighted by molar-refractivity contribution is 5.46. The van der Waals surface area contributed by atoms with Crippen LogP contribution in [0.5, 0.6) is 0 Å². The van der Waals surface area contributed by atoms with Gasteiger partial charge in [-0.2, -0.15) is 0 Å². The van der Waals surface area contributed by atoms with Gasteiger partial charge in [0.25, 0.3) is 0 Å². The van der Waals surface area contributed by atoms with Crippen LogP contribution in [0.1, 0.15) is 51.1 Å². The van der Waals surface area contributed by atoms with E-state index in [4.69, 9.17) is 5.73 Å². The SMILES string of the molecule is CCN(C1CCC(N)CC1)C(C)c1ccc(N(C)C)cc1. The van der Waals surface area contributed by atoms with Crippen LogP contribution < -0.4 is 10.6 Å². The molecule has 0 bridgehead atoms. The number of anilines is 1. The van der Waals surface area contributed by atoms with E-state index in [1.807, 2.05) is 0 Å². The van der Waals surface area contributed by atoms with Crippen LogP contribution >= 0.6 is 0 Å². The fourth-order valence-electron chi connectivity index (χ4n) is 3.52. The zero-order valence-corrected chi connectivity index (χ0v) is 14.0. The zero-order chi connectivity index (χ0) is 15.4. The summed E-state index contributed by atoms with van der Waals surface area (Å²) in [5.74, 6) is 0. The Labute approximate surface area is 130 Å². The molecule has 3 nitrogen and oxygen atoms in total. The molecule has 0 saturated heterocycles. The van der Waals surface area contributed by atoms with E-state index in [1.54, 1.807) is 0 Å². The summed E-state index contributed by atoms with van der Waals surface area (Å²) < 4.78 is 0. The molecule has 0 aliphatic heterocycles. The van der Waals surface area contributed by atoms with Gasteiger partial charge in [0.1, 0.15) is 0 Å². The van der Waals surface area contributed by atoms with Crippen molar-refractivity contribution >= 4 is 5.69 Å². The van der Waals surface area contributed by atoms with E-state index in [9.17, 15) is 0 Å². The van der Waals surface area contributed by atoms with Gasteiger partial charge in [-0.25, -0.2) is 0 Å². The Kier molecular flexibility index (Phi) is 5.65. The van der Waals surface area contributed by atoms with Crippen LogP contribution in [0.25, 0.3) is 0 Å². The lowest BCUT2D eigenvalue weighted by Crippen LogP contribution is -2.42. The van der Waals surface area contributed by atoms with Gasteiger partial charge in [-0.05, 0) is 56.8 Å². The van der Waals surface area contributed by atoms with Crippen molar-refractivity contribution in [2.45, 2.75) is 57.7 Å². The van der Waals surface area contributed by atoms with Gasteiger partial charge in [0.05, 0.1) is 0 Å². The summed E-state index contributed by atoms with van der Waals surface area (Å²) in [4.78, 5) is 4.80. The van der Waals surface area contributed by atoms with Crippen LogP contribution in [0.2, 0.25) is 0 Å². The molecule has 2 rings (SSSR count). The molecule has 1 atom stereocenters. The predicted octanol–water partition coefficient (Wildman–Crippen LogP) is 3.41. The number of nitrogens with two attached hydrogens (primary N) is 1. The molecule has 1 saturated carbocycles. The molecule has 3 heteroatoms. The molecule has 1 aromatic rings. The Morgan fingerprint density at radius 1 is 1.10 bits per heavy atom.